The van der Waals surface area contributed by atoms with E-state index in [4.69, 9.17) is 32.7 Å². The van der Waals surface area contributed by atoms with Gasteiger partial charge in [0.2, 0.25) is 0 Å². The summed E-state index contributed by atoms with van der Waals surface area (Å²) in [7, 11) is 0. The van der Waals surface area contributed by atoms with Crippen LogP contribution in [0.2, 0.25) is 0 Å². The minimum Gasteiger partial charge on any atom is -0.457 e. The lowest BCUT2D eigenvalue weighted by Crippen LogP contribution is -2.29. The topological polar surface area (TPSA) is 59.3 Å². The molecule has 0 radical (unpaired) electrons. The van der Waals surface area contributed by atoms with Gasteiger partial charge in [-0.25, -0.2) is 0 Å². The van der Waals surface area contributed by atoms with E-state index in [0.29, 0.717) is 23.5 Å². The van der Waals surface area contributed by atoms with Crippen LogP contribution in [0.25, 0.3) is 0 Å². The summed E-state index contributed by atoms with van der Waals surface area (Å²) in [6, 6.07) is 18.9. The van der Waals surface area contributed by atoms with Crippen molar-refractivity contribution in [2.45, 2.75) is 26.2 Å². The maximum Gasteiger partial charge on any atom is 0.319 e. The van der Waals surface area contributed by atoms with Gasteiger partial charge in [0, 0.05) is 0 Å². The van der Waals surface area contributed by atoms with Crippen molar-refractivity contribution in [1.29, 1.82) is 5.26 Å². The number of hydrogen-bond donors (Lipinski definition) is 0. The number of esters is 1. The normalized spacial score (nSPS) is 20.4. The van der Waals surface area contributed by atoms with Gasteiger partial charge in [0.1, 0.15) is 22.3 Å². The molecule has 2 atom stereocenters. The molecule has 2 aromatic carbocycles. The third-order valence-electron chi connectivity index (χ3n) is 5.21. The van der Waals surface area contributed by atoms with Gasteiger partial charge < -0.3 is 9.47 Å². The molecule has 0 aromatic heterocycles. The quantitative estimate of drug-likeness (QED) is 0.408. The average Bonchev–Trinajstić information content (AvgIpc) is 3.24. The second-order valence-corrected chi connectivity index (χ2v) is 8.40. The van der Waals surface area contributed by atoms with Crippen LogP contribution >= 0.6 is 23.2 Å². The van der Waals surface area contributed by atoms with E-state index in [0.717, 1.165) is 6.26 Å². The number of carbonyl (C=O) groups excluding carboxylic acids is 1. The molecule has 2 unspecified atom stereocenters. The zero-order chi connectivity index (χ0) is 20.4. The minimum absolute atomic E-state index is 0.159. The predicted molar refractivity (Wildman–Crippen MR) is 108 cm³/mol. The van der Waals surface area contributed by atoms with Crippen molar-refractivity contribution in [3.8, 4) is 17.6 Å². The Hall–Kier alpha value is -2.48. The van der Waals surface area contributed by atoms with E-state index >= 15 is 0 Å². The number of para-hydroxylation sites is 1. The molecule has 1 aliphatic carbocycles. The summed E-state index contributed by atoms with van der Waals surface area (Å²) in [6.45, 7) is 3.88. The van der Waals surface area contributed by atoms with E-state index in [1.54, 1.807) is 6.07 Å². The van der Waals surface area contributed by atoms with Crippen LogP contribution < -0.4 is 4.74 Å². The van der Waals surface area contributed by atoms with Crippen LogP contribution in [-0.4, -0.2) is 5.97 Å². The molecule has 6 heteroatoms. The van der Waals surface area contributed by atoms with Crippen molar-refractivity contribution in [3.05, 3.63) is 70.9 Å². The fraction of sp³-hybridized carbons (Fsp3) is 0.273. The van der Waals surface area contributed by atoms with Gasteiger partial charge in [-0.3, -0.25) is 4.79 Å². The highest BCUT2D eigenvalue weighted by Gasteiger charge is 2.71. The third kappa shape index (κ3) is 3.87. The van der Waals surface area contributed by atoms with Crippen molar-refractivity contribution < 1.29 is 14.3 Å². The molecule has 0 amide bonds. The van der Waals surface area contributed by atoms with Crippen molar-refractivity contribution >= 4 is 29.2 Å². The molecule has 0 heterocycles. The molecule has 1 aliphatic rings. The van der Waals surface area contributed by atoms with Crippen molar-refractivity contribution in [2.75, 3.05) is 0 Å². The summed E-state index contributed by atoms with van der Waals surface area (Å²) in [4.78, 5) is 12.8. The predicted octanol–water partition coefficient (Wildman–Crippen LogP) is 6.32. The highest BCUT2D eigenvalue weighted by Crippen LogP contribution is 2.70. The molecule has 28 heavy (non-hydrogen) atoms. The molecule has 0 bridgehead atoms. The fourth-order valence-corrected chi connectivity index (χ4v) is 3.76. The van der Waals surface area contributed by atoms with E-state index in [1.807, 2.05) is 62.4 Å². The smallest absolute Gasteiger partial charge is 0.319 e. The van der Waals surface area contributed by atoms with Gasteiger partial charge in [0.15, 0.2) is 0 Å². The number of carbonyl (C=O) groups is 1. The first-order chi connectivity index (χ1) is 13.3. The molecule has 144 valence electrons. The number of nitrogens with zero attached hydrogens (tertiary/aromatic N) is 1. The van der Waals surface area contributed by atoms with Crippen LogP contribution in [0, 0.1) is 22.2 Å². The van der Waals surface area contributed by atoms with E-state index in [9.17, 15) is 10.1 Å². The third-order valence-corrected chi connectivity index (χ3v) is 5.39. The van der Waals surface area contributed by atoms with Crippen LogP contribution in [0.1, 0.15) is 31.7 Å². The van der Waals surface area contributed by atoms with Gasteiger partial charge in [-0.2, -0.15) is 5.26 Å². The zero-order valence-corrected chi connectivity index (χ0v) is 17.0. The van der Waals surface area contributed by atoms with E-state index in [1.165, 1.54) is 0 Å². The molecule has 0 aliphatic heterocycles. The van der Waals surface area contributed by atoms with Crippen molar-refractivity contribution in [1.82, 2.24) is 0 Å². The number of halogens is 2. The van der Waals surface area contributed by atoms with Gasteiger partial charge in [0.05, 0.1) is 17.4 Å². The van der Waals surface area contributed by atoms with Gasteiger partial charge in [0.25, 0.3) is 0 Å². The highest BCUT2D eigenvalue weighted by atomic mass is 35.5. The van der Waals surface area contributed by atoms with Gasteiger partial charge in [-0.05, 0) is 41.7 Å². The first-order valence-electron chi connectivity index (χ1n) is 8.75. The molecular weight excluding hydrogens is 397 g/mol. The summed E-state index contributed by atoms with van der Waals surface area (Å²) in [5, 5.41) is 9.93. The Morgan fingerprint density at radius 1 is 1.14 bits per heavy atom. The standard InChI is InChI=1S/C22H19Cl2NO3/c1-21(2)14-22(21,20(26)27-13-19(23)24)18(12-25)15-7-6-10-17(11-15)28-16-8-4-3-5-9-16/h3-11,13,18H,14H2,1-2H3. The lowest BCUT2D eigenvalue weighted by molar-refractivity contribution is -0.146. The molecule has 0 saturated heterocycles. The molecule has 4 nitrogen and oxygen atoms in total. The van der Waals surface area contributed by atoms with E-state index in [2.05, 4.69) is 6.07 Å². The molecule has 1 fully saturated rings. The maximum atomic E-state index is 12.8. The molecule has 0 N–H and O–H groups in total. The molecular formula is C22H19Cl2NO3. The SMILES string of the molecule is CC1(C)CC1(C(=O)OC=C(Cl)Cl)C(C#N)c1cccc(Oc2ccccc2)c1. The Labute approximate surface area is 174 Å². The number of nitriles is 1. The fourth-order valence-electron chi connectivity index (χ4n) is 3.67. The Morgan fingerprint density at radius 2 is 1.79 bits per heavy atom. The van der Waals surface area contributed by atoms with Crippen LogP contribution in [-0.2, 0) is 9.53 Å². The molecule has 2 aromatic rings. The van der Waals surface area contributed by atoms with Gasteiger partial charge in [-0.15, -0.1) is 0 Å². The summed E-state index contributed by atoms with van der Waals surface area (Å²) >= 11 is 11.1. The lowest BCUT2D eigenvalue weighted by Gasteiger charge is -2.24. The number of ether oxygens (including phenoxy) is 2. The summed E-state index contributed by atoms with van der Waals surface area (Å²) in [6.07, 6.45) is 1.51. The Balaban J connectivity index is 1.92. The maximum absolute atomic E-state index is 12.8. The Morgan fingerprint density at radius 3 is 2.36 bits per heavy atom. The molecule has 3 rings (SSSR count). The Bertz CT molecular complexity index is 946. The lowest BCUT2D eigenvalue weighted by atomic mass is 9.79. The first kappa shape index (κ1) is 20.3. The largest absolute Gasteiger partial charge is 0.457 e. The van der Waals surface area contributed by atoms with Crippen LogP contribution in [0.5, 0.6) is 11.5 Å². The second kappa shape index (κ2) is 7.87. The number of benzene rings is 2. The zero-order valence-electron chi connectivity index (χ0n) is 15.5. The van der Waals surface area contributed by atoms with Crippen LogP contribution in [0.15, 0.2) is 65.4 Å². The number of rotatable bonds is 6. The molecule has 1 saturated carbocycles. The van der Waals surface area contributed by atoms with E-state index in [-0.39, 0.29) is 4.49 Å². The van der Waals surface area contributed by atoms with Gasteiger partial charge >= 0.3 is 5.97 Å². The summed E-state index contributed by atoms with van der Waals surface area (Å²) in [5.41, 5.74) is -0.681. The summed E-state index contributed by atoms with van der Waals surface area (Å²) < 4.78 is 10.9. The van der Waals surface area contributed by atoms with Crippen molar-refractivity contribution in [2.24, 2.45) is 10.8 Å². The minimum atomic E-state index is -0.979. The second-order valence-electron chi connectivity index (χ2n) is 7.39. The van der Waals surface area contributed by atoms with Gasteiger partial charge in [-0.1, -0.05) is 67.4 Å². The monoisotopic (exact) mass is 415 g/mol. The number of hydrogen-bond acceptors (Lipinski definition) is 4. The van der Waals surface area contributed by atoms with Crippen LogP contribution in [0.4, 0.5) is 0 Å². The highest BCUT2D eigenvalue weighted by molar-refractivity contribution is 6.55. The van der Waals surface area contributed by atoms with Crippen LogP contribution in [0.3, 0.4) is 0 Å². The Kier molecular flexibility index (Phi) is 5.69. The average molecular weight is 416 g/mol. The summed E-state index contributed by atoms with van der Waals surface area (Å²) in [5.74, 6) is 0.0691. The molecule has 0 spiro atoms. The van der Waals surface area contributed by atoms with Crippen molar-refractivity contribution in [3.63, 3.8) is 0 Å². The first-order valence-corrected chi connectivity index (χ1v) is 9.50. The van der Waals surface area contributed by atoms with E-state index < -0.39 is 22.7 Å².